The summed E-state index contributed by atoms with van der Waals surface area (Å²) >= 11 is 1.29. The summed E-state index contributed by atoms with van der Waals surface area (Å²) in [6.07, 6.45) is -0.575. The molecule has 6 unspecified atom stereocenters. The molecule has 0 radical (unpaired) electrons. The second-order valence-corrected chi connectivity index (χ2v) is 10.5. The summed E-state index contributed by atoms with van der Waals surface area (Å²) in [5.41, 5.74) is 5.09. The number of hydrogen-bond acceptors (Lipinski definition) is 8. The Balaban J connectivity index is 1.47. The fraction of sp³-hybridized carbons (Fsp3) is 0.435. The number of aliphatic hydroxyl groups is 1. The minimum Gasteiger partial charge on any atom is -0.478 e. The van der Waals surface area contributed by atoms with Gasteiger partial charge in [-0.25, -0.2) is 9.59 Å². The normalized spacial score (nSPS) is 27.9. The molecule has 2 saturated heterocycles. The van der Waals surface area contributed by atoms with E-state index in [4.69, 9.17) is 5.73 Å². The molecule has 0 spiro atoms. The zero-order chi connectivity index (χ0) is 26.5. The number of nitrogens with two attached hydrogens (primary N) is 1. The maximum absolute atomic E-state index is 12.9. The molecule has 13 heteroatoms. The second-order valence-electron chi connectivity index (χ2n) is 9.13. The highest BCUT2D eigenvalue weighted by Crippen LogP contribution is 2.51. The van der Waals surface area contributed by atoms with E-state index in [-0.39, 0.29) is 33.7 Å². The van der Waals surface area contributed by atoms with Crippen molar-refractivity contribution in [3.8, 4) is 0 Å². The molecule has 192 valence electrons. The van der Waals surface area contributed by atoms with Crippen molar-refractivity contribution in [2.75, 3.05) is 11.9 Å². The van der Waals surface area contributed by atoms with Gasteiger partial charge in [0.1, 0.15) is 5.70 Å². The number of aliphatic carboxylic acids is 1. The number of carboxylic acids is 2. The molecule has 36 heavy (non-hydrogen) atoms. The Bertz CT molecular complexity index is 1200. The first-order valence-electron chi connectivity index (χ1n) is 11.3. The molecule has 3 aliphatic heterocycles. The summed E-state index contributed by atoms with van der Waals surface area (Å²) in [5.74, 6) is -5.13. The quantitative estimate of drug-likeness (QED) is 0.255. The van der Waals surface area contributed by atoms with Crippen LogP contribution in [0.1, 0.15) is 41.0 Å². The first-order valence-corrected chi connectivity index (χ1v) is 12.2. The van der Waals surface area contributed by atoms with Crippen molar-refractivity contribution in [1.29, 1.82) is 0 Å². The Labute approximate surface area is 209 Å². The average Bonchev–Trinajstić information content (AvgIpc) is 3.35. The largest absolute Gasteiger partial charge is 0.478 e. The van der Waals surface area contributed by atoms with Crippen LogP contribution in [0.5, 0.6) is 0 Å². The Morgan fingerprint density at radius 2 is 1.92 bits per heavy atom. The third kappa shape index (κ3) is 4.33. The zero-order valence-corrected chi connectivity index (χ0v) is 20.2. The monoisotopic (exact) mass is 518 g/mol. The number of rotatable bonds is 8. The first-order chi connectivity index (χ1) is 16.9. The van der Waals surface area contributed by atoms with Gasteiger partial charge < -0.3 is 36.6 Å². The lowest BCUT2D eigenvalue weighted by atomic mass is 9.79. The second kappa shape index (κ2) is 9.56. The van der Waals surface area contributed by atoms with E-state index < -0.39 is 53.8 Å². The minimum atomic E-state index is -1.23. The molecule has 0 aromatic heterocycles. The molecule has 4 rings (SSSR count). The number of β-lactam (4-membered cyclic amide) rings is 1. The van der Waals surface area contributed by atoms with Gasteiger partial charge in [0.2, 0.25) is 11.8 Å². The number of thioether (sulfide) groups is 1. The fourth-order valence-electron chi connectivity index (χ4n) is 5.07. The van der Waals surface area contributed by atoms with E-state index in [0.29, 0.717) is 17.9 Å². The number of carboxylic acid groups (broad SMARTS) is 2. The predicted octanol–water partition coefficient (Wildman–Crippen LogP) is 0.0396. The fourth-order valence-corrected chi connectivity index (χ4v) is 6.55. The van der Waals surface area contributed by atoms with E-state index in [9.17, 15) is 39.3 Å². The molecule has 12 nitrogen and oxygen atoms in total. The van der Waals surface area contributed by atoms with Gasteiger partial charge in [-0.2, -0.15) is 0 Å². The maximum Gasteiger partial charge on any atom is 0.353 e. The van der Waals surface area contributed by atoms with E-state index in [1.54, 1.807) is 0 Å². The number of nitrogens with zero attached hydrogens (tertiary/aromatic N) is 1. The van der Waals surface area contributed by atoms with Gasteiger partial charge in [-0.3, -0.25) is 14.4 Å². The van der Waals surface area contributed by atoms with E-state index in [2.05, 4.69) is 10.6 Å². The number of anilines is 1. The summed E-state index contributed by atoms with van der Waals surface area (Å²) in [6.45, 7) is 3.71. The lowest BCUT2D eigenvalue weighted by Gasteiger charge is -2.46. The molecular formula is C23H26N4O8S. The molecule has 0 bridgehead atoms. The van der Waals surface area contributed by atoms with Crippen LogP contribution in [0.3, 0.4) is 0 Å². The van der Waals surface area contributed by atoms with Crippen molar-refractivity contribution in [1.82, 2.24) is 10.2 Å². The number of primary amides is 1. The van der Waals surface area contributed by atoms with Crippen LogP contribution in [-0.4, -0.2) is 79.9 Å². The van der Waals surface area contributed by atoms with Crippen molar-refractivity contribution in [2.24, 2.45) is 17.6 Å². The smallest absolute Gasteiger partial charge is 0.353 e. The standard InChI is InChI=1S/C23H26N4O8S/c1-8-16-15(9(2)28)21(31)27(16)17(23(34)35)18(8)36-11-6-14(25-7-11)20(30)26-13-5-10(22(32)33)3-4-12(13)19(24)29/h3-5,8-9,11,14-16,25,28H,6-7H2,1-2H3,(H2,24,29)(H,26,30)(H,32,33)(H,34,35). The van der Waals surface area contributed by atoms with Crippen molar-refractivity contribution < 1.29 is 39.3 Å². The SMILES string of the molecule is CC(O)C1C(=O)N2C(C(=O)O)=C(SC3CNC(C(=O)Nc4cc(C(=O)O)ccc4C(N)=O)C3)C(C)C12. The van der Waals surface area contributed by atoms with Crippen molar-refractivity contribution in [3.63, 3.8) is 0 Å². The number of fused-ring (bicyclic) bond motifs is 1. The third-order valence-corrected chi connectivity index (χ3v) is 8.31. The van der Waals surface area contributed by atoms with Crippen LogP contribution < -0.4 is 16.4 Å². The van der Waals surface area contributed by atoms with Gasteiger partial charge in [-0.05, 0) is 31.5 Å². The Hall–Kier alpha value is -3.42. The summed E-state index contributed by atoms with van der Waals surface area (Å²) in [5, 5.41) is 34.4. The number of hydrogen-bond donors (Lipinski definition) is 6. The van der Waals surface area contributed by atoms with Crippen molar-refractivity contribution in [2.45, 2.75) is 43.7 Å². The highest BCUT2D eigenvalue weighted by molar-refractivity contribution is 8.03. The van der Waals surface area contributed by atoms with Crippen LogP contribution in [0.25, 0.3) is 0 Å². The maximum atomic E-state index is 12.9. The van der Waals surface area contributed by atoms with E-state index in [1.165, 1.54) is 35.7 Å². The number of benzene rings is 1. The summed E-state index contributed by atoms with van der Waals surface area (Å²) in [4.78, 5) is 62.2. The highest BCUT2D eigenvalue weighted by Gasteiger charge is 2.60. The van der Waals surface area contributed by atoms with E-state index in [1.807, 2.05) is 6.92 Å². The van der Waals surface area contributed by atoms with Crippen LogP contribution in [0, 0.1) is 11.8 Å². The number of amides is 3. The van der Waals surface area contributed by atoms with Crippen LogP contribution in [-0.2, 0) is 14.4 Å². The van der Waals surface area contributed by atoms with E-state index in [0.717, 1.165) is 6.07 Å². The summed E-state index contributed by atoms with van der Waals surface area (Å²) in [7, 11) is 0. The molecule has 7 N–H and O–H groups in total. The van der Waals surface area contributed by atoms with Gasteiger partial charge in [0.25, 0.3) is 5.91 Å². The summed E-state index contributed by atoms with van der Waals surface area (Å²) in [6, 6.07) is 2.49. The molecule has 3 aliphatic rings. The number of aromatic carboxylic acids is 1. The third-order valence-electron chi connectivity index (χ3n) is 6.80. The molecule has 2 fully saturated rings. The molecule has 3 heterocycles. The predicted molar refractivity (Wildman–Crippen MR) is 128 cm³/mol. The highest BCUT2D eigenvalue weighted by atomic mass is 32.2. The van der Waals surface area contributed by atoms with Gasteiger partial charge in [0.05, 0.1) is 40.9 Å². The number of aliphatic hydroxyl groups excluding tert-OH is 1. The molecule has 1 aromatic rings. The van der Waals surface area contributed by atoms with Gasteiger partial charge in [-0.1, -0.05) is 6.92 Å². The molecule has 1 aromatic carbocycles. The van der Waals surface area contributed by atoms with E-state index >= 15 is 0 Å². The van der Waals surface area contributed by atoms with Gasteiger partial charge in [-0.15, -0.1) is 11.8 Å². The van der Waals surface area contributed by atoms with Crippen LogP contribution in [0.15, 0.2) is 28.8 Å². The summed E-state index contributed by atoms with van der Waals surface area (Å²) < 4.78 is 0. The number of nitrogens with one attached hydrogen (secondary N) is 2. The lowest BCUT2D eigenvalue weighted by Crippen LogP contribution is -2.63. The minimum absolute atomic E-state index is 0.0161. The first kappa shape index (κ1) is 25.7. The average molecular weight is 519 g/mol. The number of carbonyl (C=O) groups is 5. The van der Waals surface area contributed by atoms with Crippen molar-refractivity contribution >= 4 is 47.1 Å². The Kier molecular flexibility index (Phi) is 6.82. The van der Waals surface area contributed by atoms with Gasteiger partial charge in [0.15, 0.2) is 0 Å². The molecular weight excluding hydrogens is 492 g/mol. The topological polar surface area (TPSA) is 199 Å². The zero-order valence-electron chi connectivity index (χ0n) is 19.4. The lowest BCUT2D eigenvalue weighted by molar-refractivity contribution is -0.163. The van der Waals surface area contributed by atoms with Crippen LogP contribution in [0.2, 0.25) is 0 Å². The van der Waals surface area contributed by atoms with Gasteiger partial charge >= 0.3 is 11.9 Å². The molecule has 6 atom stereocenters. The van der Waals surface area contributed by atoms with Crippen LogP contribution in [0.4, 0.5) is 5.69 Å². The molecule has 3 amide bonds. The van der Waals surface area contributed by atoms with Crippen molar-refractivity contribution in [3.05, 3.63) is 39.9 Å². The van der Waals surface area contributed by atoms with Crippen LogP contribution >= 0.6 is 11.8 Å². The Morgan fingerprint density at radius 3 is 2.50 bits per heavy atom. The Morgan fingerprint density at radius 1 is 1.22 bits per heavy atom. The van der Waals surface area contributed by atoms with Gasteiger partial charge in [0, 0.05) is 22.6 Å². The molecule has 0 aliphatic carbocycles. The molecule has 0 saturated carbocycles. The number of carbonyl (C=O) groups excluding carboxylic acids is 3.